The van der Waals surface area contributed by atoms with Crippen molar-refractivity contribution >= 4 is 5.91 Å². The Bertz CT molecular complexity index is 467. The number of carbonyl (C=O) groups is 1. The Morgan fingerprint density at radius 3 is 2.57 bits per heavy atom. The Morgan fingerprint density at radius 2 is 2.00 bits per heavy atom. The van der Waals surface area contributed by atoms with Crippen molar-refractivity contribution in [2.75, 3.05) is 20.3 Å². The van der Waals surface area contributed by atoms with E-state index in [4.69, 9.17) is 9.47 Å². The quantitative estimate of drug-likeness (QED) is 0.808. The van der Waals surface area contributed by atoms with Gasteiger partial charge in [0.1, 0.15) is 0 Å². The summed E-state index contributed by atoms with van der Waals surface area (Å²) in [5, 5.41) is 6.03. The van der Waals surface area contributed by atoms with Gasteiger partial charge in [0, 0.05) is 17.6 Å². The van der Waals surface area contributed by atoms with Gasteiger partial charge in [0.2, 0.25) is 5.91 Å². The molecule has 0 aliphatic carbocycles. The number of hydrogen-bond donors (Lipinski definition) is 2. The summed E-state index contributed by atoms with van der Waals surface area (Å²) >= 11 is 0. The second-order valence-electron chi connectivity index (χ2n) is 5.78. The average Bonchev–Trinajstić information content (AvgIpc) is 2.37. The number of carbonyl (C=O) groups excluding carboxylic acids is 1. The van der Waals surface area contributed by atoms with Crippen molar-refractivity contribution in [1.29, 1.82) is 0 Å². The molecule has 0 saturated heterocycles. The highest BCUT2D eigenvalue weighted by molar-refractivity contribution is 5.78. The van der Waals surface area contributed by atoms with Gasteiger partial charge in [0.25, 0.3) is 0 Å². The molecule has 118 valence electrons. The van der Waals surface area contributed by atoms with E-state index in [9.17, 15) is 4.79 Å². The molecule has 0 spiro atoms. The molecule has 0 heterocycles. The second kappa shape index (κ2) is 7.88. The minimum atomic E-state index is -0.217. The average molecular weight is 294 g/mol. The van der Waals surface area contributed by atoms with Crippen molar-refractivity contribution in [2.45, 2.75) is 39.8 Å². The third-order valence-corrected chi connectivity index (χ3v) is 2.68. The van der Waals surface area contributed by atoms with Crippen LogP contribution in [-0.2, 0) is 11.3 Å². The van der Waals surface area contributed by atoms with E-state index >= 15 is 0 Å². The lowest BCUT2D eigenvalue weighted by atomic mass is 10.1. The summed E-state index contributed by atoms with van der Waals surface area (Å²) in [6, 6.07) is 5.74. The van der Waals surface area contributed by atoms with Crippen LogP contribution in [-0.4, -0.2) is 31.7 Å². The number of nitrogens with one attached hydrogen (secondary N) is 2. The highest BCUT2D eigenvalue weighted by Gasteiger charge is 2.14. The third-order valence-electron chi connectivity index (χ3n) is 2.68. The highest BCUT2D eigenvalue weighted by atomic mass is 16.5. The minimum Gasteiger partial charge on any atom is -0.493 e. The van der Waals surface area contributed by atoms with Gasteiger partial charge in [-0.25, -0.2) is 0 Å². The normalized spacial score (nSPS) is 11.1. The second-order valence-corrected chi connectivity index (χ2v) is 5.78. The van der Waals surface area contributed by atoms with Crippen LogP contribution in [0.2, 0.25) is 0 Å². The maximum Gasteiger partial charge on any atom is 0.234 e. The predicted molar refractivity (Wildman–Crippen MR) is 83.8 cm³/mol. The number of methoxy groups -OCH3 is 1. The summed E-state index contributed by atoms with van der Waals surface area (Å²) in [5.74, 6) is 1.41. The lowest BCUT2D eigenvalue weighted by molar-refractivity contribution is -0.121. The minimum absolute atomic E-state index is 0.0255. The molecular formula is C16H26N2O3. The lowest BCUT2D eigenvalue weighted by Gasteiger charge is -2.20. The van der Waals surface area contributed by atoms with Gasteiger partial charge < -0.3 is 20.1 Å². The van der Waals surface area contributed by atoms with Crippen LogP contribution in [0.1, 0.15) is 33.3 Å². The van der Waals surface area contributed by atoms with Crippen molar-refractivity contribution in [2.24, 2.45) is 0 Å². The van der Waals surface area contributed by atoms with E-state index in [0.717, 1.165) is 11.3 Å². The van der Waals surface area contributed by atoms with Crippen LogP contribution in [0, 0.1) is 0 Å². The fourth-order valence-electron chi connectivity index (χ4n) is 1.97. The molecule has 1 aromatic rings. The van der Waals surface area contributed by atoms with Crippen molar-refractivity contribution < 1.29 is 14.3 Å². The lowest BCUT2D eigenvalue weighted by Crippen LogP contribution is -2.44. The summed E-state index contributed by atoms with van der Waals surface area (Å²) in [6.07, 6.45) is 0. The topological polar surface area (TPSA) is 59.6 Å². The molecule has 1 aromatic carbocycles. The van der Waals surface area contributed by atoms with E-state index in [1.54, 1.807) is 7.11 Å². The largest absolute Gasteiger partial charge is 0.493 e. The Balaban J connectivity index is 2.59. The van der Waals surface area contributed by atoms with Crippen molar-refractivity contribution in [3.8, 4) is 11.5 Å². The molecular weight excluding hydrogens is 268 g/mol. The van der Waals surface area contributed by atoms with Crippen LogP contribution in [0.25, 0.3) is 0 Å². The maximum atomic E-state index is 11.7. The number of benzene rings is 1. The Morgan fingerprint density at radius 1 is 1.29 bits per heavy atom. The molecule has 0 saturated carbocycles. The van der Waals surface area contributed by atoms with E-state index in [1.165, 1.54) is 0 Å². The fourth-order valence-corrected chi connectivity index (χ4v) is 1.97. The van der Waals surface area contributed by atoms with E-state index < -0.39 is 0 Å². The Kier molecular flexibility index (Phi) is 6.49. The maximum absolute atomic E-state index is 11.7. The molecule has 21 heavy (non-hydrogen) atoms. The van der Waals surface area contributed by atoms with Crippen LogP contribution in [0.4, 0.5) is 0 Å². The molecule has 5 nitrogen and oxygen atoms in total. The van der Waals surface area contributed by atoms with Gasteiger partial charge in [0.15, 0.2) is 11.5 Å². The molecule has 0 bridgehead atoms. The van der Waals surface area contributed by atoms with E-state index in [1.807, 2.05) is 45.9 Å². The van der Waals surface area contributed by atoms with Crippen LogP contribution in [0.3, 0.4) is 0 Å². The predicted octanol–water partition coefficient (Wildman–Crippen LogP) is 2.10. The summed E-state index contributed by atoms with van der Waals surface area (Å²) in [6.45, 7) is 9.20. The molecule has 0 atom stereocenters. The number of ether oxygens (including phenoxy) is 2. The zero-order chi connectivity index (χ0) is 15.9. The number of hydrogen-bond acceptors (Lipinski definition) is 4. The fraction of sp³-hybridized carbons (Fsp3) is 0.562. The van der Waals surface area contributed by atoms with E-state index in [-0.39, 0.29) is 18.0 Å². The van der Waals surface area contributed by atoms with E-state index in [0.29, 0.717) is 18.9 Å². The summed E-state index contributed by atoms with van der Waals surface area (Å²) in [4.78, 5) is 11.7. The first kappa shape index (κ1) is 17.3. The molecule has 0 fully saturated rings. The van der Waals surface area contributed by atoms with Gasteiger partial charge in [-0.1, -0.05) is 12.1 Å². The number of amides is 1. The molecule has 2 N–H and O–H groups in total. The Hall–Kier alpha value is -1.75. The van der Waals surface area contributed by atoms with Gasteiger partial charge in [-0.3, -0.25) is 4.79 Å². The molecule has 1 rings (SSSR count). The molecule has 1 amide bonds. The summed E-state index contributed by atoms with van der Waals surface area (Å²) in [7, 11) is 1.62. The van der Waals surface area contributed by atoms with Crippen LogP contribution in [0.15, 0.2) is 18.2 Å². The SMILES string of the molecule is CCOc1cccc(CNCC(=O)NC(C)(C)C)c1OC. The molecule has 5 heteroatoms. The molecule has 0 aliphatic rings. The zero-order valence-electron chi connectivity index (χ0n) is 13.6. The smallest absolute Gasteiger partial charge is 0.234 e. The molecule has 0 aromatic heterocycles. The van der Waals surface area contributed by atoms with Gasteiger partial charge in [-0.2, -0.15) is 0 Å². The molecule has 0 aliphatic heterocycles. The monoisotopic (exact) mass is 294 g/mol. The highest BCUT2D eigenvalue weighted by Crippen LogP contribution is 2.30. The van der Waals surface area contributed by atoms with Crippen LogP contribution < -0.4 is 20.1 Å². The third kappa shape index (κ3) is 6.04. The van der Waals surface area contributed by atoms with Crippen LogP contribution >= 0.6 is 0 Å². The van der Waals surface area contributed by atoms with Crippen LogP contribution in [0.5, 0.6) is 11.5 Å². The van der Waals surface area contributed by atoms with Gasteiger partial charge in [0.05, 0.1) is 20.3 Å². The first-order valence-electron chi connectivity index (χ1n) is 7.17. The summed E-state index contributed by atoms with van der Waals surface area (Å²) < 4.78 is 10.9. The van der Waals surface area contributed by atoms with E-state index in [2.05, 4.69) is 10.6 Å². The molecule has 0 unspecified atom stereocenters. The standard InChI is InChI=1S/C16H26N2O3/c1-6-21-13-9-7-8-12(15(13)20-5)10-17-11-14(19)18-16(2,3)4/h7-9,17H,6,10-11H2,1-5H3,(H,18,19). The number of para-hydroxylation sites is 1. The number of rotatable bonds is 7. The first-order chi connectivity index (χ1) is 9.87. The first-order valence-corrected chi connectivity index (χ1v) is 7.17. The van der Waals surface area contributed by atoms with Gasteiger partial charge >= 0.3 is 0 Å². The van der Waals surface area contributed by atoms with Gasteiger partial charge in [-0.15, -0.1) is 0 Å². The van der Waals surface area contributed by atoms with Crippen molar-refractivity contribution in [1.82, 2.24) is 10.6 Å². The van der Waals surface area contributed by atoms with Crippen molar-refractivity contribution in [3.63, 3.8) is 0 Å². The van der Waals surface area contributed by atoms with Gasteiger partial charge in [-0.05, 0) is 33.8 Å². The van der Waals surface area contributed by atoms with Crippen molar-refractivity contribution in [3.05, 3.63) is 23.8 Å². The molecule has 0 radical (unpaired) electrons. The zero-order valence-corrected chi connectivity index (χ0v) is 13.6. The summed E-state index contributed by atoms with van der Waals surface area (Å²) in [5.41, 5.74) is 0.748. The Labute approximate surface area is 127 Å².